The number of hydrogen-bond donors (Lipinski definition) is 1. The molecule has 1 N–H and O–H groups in total. The number of hydrogen-bond acceptors (Lipinski definition) is 4. The summed E-state index contributed by atoms with van der Waals surface area (Å²) in [5, 5.41) is 3.59. The van der Waals surface area contributed by atoms with E-state index in [0.717, 1.165) is 15.4 Å². The van der Waals surface area contributed by atoms with Gasteiger partial charge in [0.1, 0.15) is 5.58 Å². The molecule has 0 radical (unpaired) electrons. The van der Waals surface area contributed by atoms with Gasteiger partial charge in [-0.2, -0.15) is 0 Å². The van der Waals surface area contributed by atoms with E-state index < -0.39 is 18.0 Å². The molecule has 0 saturated heterocycles. The molecule has 0 aliphatic rings. The van der Waals surface area contributed by atoms with Crippen LogP contribution >= 0.6 is 15.9 Å². The molecule has 0 spiro atoms. The van der Waals surface area contributed by atoms with Gasteiger partial charge in [-0.3, -0.25) is 4.79 Å². The molecule has 26 heavy (non-hydrogen) atoms. The summed E-state index contributed by atoms with van der Waals surface area (Å²) in [5.74, 6) is -0.969. The fourth-order valence-electron chi connectivity index (χ4n) is 2.59. The number of amides is 1. The van der Waals surface area contributed by atoms with Crippen LogP contribution in [0.5, 0.6) is 0 Å². The van der Waals surface area contributed by atoms with Crippen molar-refractivity contribution in [2.24, 2.45) is 0 Å². The first-order valence-corrected chi connectivity index (χ1v) is 8.92. The molecule has 134 valence electrons. The quantitative estimate of drug-likeness (QED) is 0.608. The van der Waals surface area contributed by atoms with Crippen molar-refractivity contribution in [3.63, 3.8) is 0 Å². The number of furan rings is 1. The lowest BCUT2D eigenvalue weighted by molar-refractivity contribution is -0.123. The van der Waals surface area contributed by atoms with E-state index in [1.165, 1.54) is 6.92 Å². The average molecular weight is 416 g/mol. The fourth-order valence-corrected chi connectivity index (χ4v) is 3.18. The normalized spacial score (nSPS) is 12.0. The van der Waals surface area contributed by atoms with Crippen molar-refractivity contribution in [2.75, 3.05) is 5.32 Å². The summed E-state index contributed by atoms with van der Waals surface area (Å²) in [7, 11) is 0. The summed E-state index contributed by atoms with van der Waals surface area (Å²) in [6.07, 6.45) is -0.969. The lowest BCUT2D eigenvalue weighted by atomic mass is 10.1. The minimum Gasteiger partial charge on any atom is -0.449 e. The smallest absolute Gasteiger partial charge is 0.375 e. The third kappa shape index (κ3) is 3.65. The molecule has 2 aromatic carbocycles. The van der Waals surface area contributed by atoms with Crippen LogP contribution in [0.1, 0.15) is 28.6 Å². The second kappa shape index (κ2) is 7.33. The van der Waals surface area contributed by atoms with Crippen molar-refractivity contribution in [1.29, 1.82) is 0 Å². The van der Waals surface area contributed by atoms with Gasteiger partial charge >= 0.3 is 5.97 Å². The predicted octanol–water partition coefficient (Wildman–Crippen LogP) is 5.00. The van der Waals surface area contributed by atoms with Crippen molar-refractivity contribution < 1.29 is 18.7 Å². The van der Waals surface area contributed by atoms with Crippen LogP contribution in [0.4, 0.5) is 5.69 Å². The zero-order chi connectivity index (χ0) is 18.8. The van der Waals surface area contributed by atoms with E-state index in [4.69, 9.17) is 9.15 Å². The van der Waals surface area contributed by atoms with Crippen molar-refractivity contribution in [3.8, 4) is 0 Å². The Kier molecular flexibility index (Phi) is 5.13. The second-order valence-electron chi connectivity index (χ2n) is 6.07. The van der Waals surface area contributed by atoms with Crippen molar-refractivity contribution in [3.05, 3.63) is 63.8 Å². The minimum atomic E-state index is -0.969. The summed E-state index contributed by atoms with van der Waals surface area (Å²) in [6, 6.07) is 12.9. The molecule has 0 fully saturated rings. The molecule has 1 amide bonds. The van der Waals surface area contributed by atoms with E-state index in [1.807, 2.05) is 37.3 Å². The second-order valence-corrected chi connectivity index (χ2v) is 6.93. The molecule has 1 atom stereocenters. The van der Waals surface area contributed by atoms with Gasteiger partial charge in [-0.15, -0.1) is 0 Å². The number of carbonyl (C=O) groups excluding carboxylic acids is 2. The van der Waals surface area contributed by atoms with Gasteiger partial charge < -0.3 is 14.5 Å². The number of para-hydroxylation sites is 1. The molecular formula is C20H18BrNO4. The Morgan fingerprint density at radius 1 is 1.15 bits per heavy atom. The van der Waals surface area contributed by atoms with Gasteiger partial charge in [-0.25, -0.2) is 4.79 Å². The average Bonchev–Trinajstić information content (AvgIpc) is 2.94. The summed E-state index contributed by atoms with van der Waals surface area (Å²) in [6.45, 7) is 5.26. The maximum atomic E-state index is 12.4. The van der Waals surface area contributed by atoms with E-state index in [0.29, 0.717) is 16.8 Å². The van der Waals surface area contributed by atoms with Gasteiger partial charge in [0, 0.05) is 15.4 Å². The van der Waals surface area contributed by atoms with Crippen molar-refractivity contribution in [2.45, 2.75) is 26.9 Å². The summed E-state index contributed by atoms with van der Waals surface area (Å²) < 4.78 is 11.6. The Labute approximate surface area is 159 Å². The number of carbonyl (C=O) groups is 2. The number of aryl methyl sites for hydroxylation is 2. The molecule has 0 bridgehead atoms. The highest BCUT2D eigenvalue weighted by atomic mass is 79.9. The number of ether oxygens (including phenoxy) is 1. The summed E-state index contributed by atoms with van der Waals surface area (Å²) >= 11 is 3.40. The molecule has 1 aromatic heterocycles. The highest BCUT2D eigenvalue weighted by Crippen LogP contribution is 2.26. The standard InChI is InChI=1S/C20H18BrNO4/c1-11-8-9-16(15(21)10-11)22-19(23)13(3)25-20(24)18-12(2)14-6-4-5-7-17(14)26-18/h4-10,13H,1-3H3,(H,22,23)/t13-/m1/s1. The number of esters is 1. The molecule has 0 aliphatic carbocycles. The molecule has 1 heterocycles. The highest BCUT2D eigenvalue weighted by molar-refractivity contribution is 9.10. The van der Waals surface area contributed by atoms with Gasteiger partial charge in [-0.05, 0) is 60.5 Å². The van der Waals surface area contributed by atoms with Gasteiger partial charge in [0.05, 0.1) is 5.69 Å². The Bertz CT molecular complexity index is 993. The third-order valence-corrected chi connectivity index (χ3v) is 4.72. The molecule has 5 nitrogen and oxygen atoms in total. The number of fused-ring (bicyclic) bond motifs is 1. The summed E-state index contributed by atoms with van der Waals surface area (Å²) in [4.78, 5) is 24.7. The lowest BCUT2D eigenvalue weighted by Gasteiger charge is -2.14. The zero-order valence-electron chi connectivity index (χ0n) is 14.6. The zero-order valence-corrected chi connectivity index (χ0v) is 16.2. The van der Waals surface area contributed by atoms with E-state index >= 15 is 0 Å². The van der Waals surface area contributed by atoms with Gasteiger partial charge in [0.2, 0.25) is 5.76 Å². The summed E-state index contributed by atoms with van der Waals surface area (Å²) in [5.41, 5.74) is 2.98. The van der Waals surface area contributed by atoms with Crippen LogP contribution in [0, 0.1) is 13.8 Å². The first-order chi connectivity index (χ1) is 12.4. The first kappa shape index (κ1) is 18.2. The van der Waals surface area contributed by atoms with Crippen LogP contribution in [0.25, 0.3) is 11.0 Å². The maximum absolute atomic E-state index is 12.4. The van der Waals surface area contributed by atoms with Crippen LogP contribution in [0.3, 0.4) is 0 Å². The van der Waals surface area contributed by atoms with Gasteiger partial charge in [0.25, 0.3) is 5.91 Å². The molecule has 3 rings (SSSR count). The first-order valence-electron chi connectivity index (χ1n) is 8.13. The number of halogens is 1. The third-order valence-electron chi connectivity index (χ3n) is 4.06. The van der Waals surface area contributed by atoms with Crippen LogP contribution in [-0.4, -0.2) is 18.0 Å². The topological polar surface area (TPSA) is 68.5 Å². The van der Waals surface area contributed by atoms with Gasteiger partial charge in [0.15, 0.2) is 6.10 Å². The molecule has 0 aliphatic heterocycles. The van der Waals surface area contributed by atoms with Crippen molar-refractivity contribution in [1.82, 2.24) is 0 Å². The molecular weight excluding hydrogens is 398 g/mol. The molecule has 6 heteroatoms. The minimum absolute atomic E-state index is 0.113. The van der Waals surface area contributed by atoms with E-state index in [9.17, 15) is 9.59 Å². The largest absolute Gasteiger partial charge is 0.449 e. The Morgan fingerprint density at radius 3 is 2.58 bits per heavy atom. The molecule has 0 saturated carbocycles. The maximum Gasteiger partial charge on any atom is 0.375 e. The Balaban J connectivity index is 1.71. The Morgan fingerprint density at radius 2 is 1.88 bits per heavy atom. The number of nitrogens with one attached hydrogen (secondary N) is 1. The lowest BCUT2D eigenvalue weighted by Crippen LogP contribution is -2.30. The number of benzene rings is 2. The van der Waals surface area contributed by atoms with E-state index in [-0.39, 0.29) is 5.76 Å². The van der Waals surface area contributed by atoms with E-state index in [1.54, 1.807) is 19.1 Å². The van der Waals surface area contributed by atoms with Crippen LogP contribution in [0.2, 0.25) is 0 Å². The van der Waals surface area contributed by atoms with E-state index in [2.05, 4.69) is 21.2 Å². The molecule has 3 aromatic rings. The number of rotatable bonds is 4. The number of anilines is 1. The van der Waals surface area contributed by atoms with Gasteiger partial charge in [-0.1, -0.05) is 24.3 Å². The van der Waals surface area contributed by atoms with Crippen molar-refractivity contribution >= 4 is 44.5 Å². The predicted molar refractivity (Wildman–Crippen MR) is 103 cm³/mol. The monoisotopic (exact) mass is 415 g/mol. The van der Waals surface area contributed by atoms with Crippen LogP contribution in [0.15, 0.2) is 51.4 Å². The van der Waals surface area contributed by atoms with Crippen LogP contribution in [-0.2, 0) is 9.53 Å². The van der Waals surface area contributed by atoms with Crippen LogP contribution < -0.4 is 5.32 Å². The fraction of sp³-hybridized carbons (Fsp3) is 0.200. The molecule has 0 unspecified atom stereocenters. The SMILES string of the molecule is Cc1ccc(NC(=O)[C@@H](C)OC(=O)c2oc3ccccc3c2C)c(Br)c1. The highest BCUT2D eigenvalue weighted by Gasteiger charge is 2.24. The Hall–Kier alpha value is -2.60.